The topological polar surface area (TPSA) is 12.9 Å². The monoisotopic (exact) mass is 191 g/mol. The number of pyridine rings is 1. The summed E-state index contributed by atoms with van der Waals surface area (Å²) in [7, 11) is 0. The Bertz CT molecular complexity index is 424. The predicted molar refractivity (Wildman–Crippen MR) is 57.8 cm³/mol. The highest BCUT2D eigenvalue weighted by molar-refractivity contribution is 5.79. The number of aromatic nitrogens is 1. The van der Waals surface area contributed by atoms with E-state index in [2.05, 4.69) is 4.98 Å². The second-order valence-electron chi connectivity index (χ2n) is 2.77. The average Bonchev–Trinajstić information content (AvgIpc) is 2.27. The van der Waals surface area contributed by atoms with Gasteiger partial charge in [-0.1, -0.05) is 19.9 Å². The van der Waals surface area contributed by atoms with Crippen LogP contribution >= 0.6 is 0 Å². The second-order valence-corrected chi connectivity index (χ2v) is 2.77. The van der Waals surface area contributed by atoms with Crippen molar-refractivity contribution in [1.29, 1.82) is 0 Å². The van der Waals surface area contributed by atoms with Gasteiger partial charge in [-0.3, -0.25) is 4.98 Å². The van der Waals surface area contributed by atoms with Crippen LogP contribution < -0.4 is 0 Å². The lowest BCUT2D eigenvalue weighted by Crippen LogP contribution is -1.85. The molecular formula is C12H14FN. The molecule has 74 valence electrons. The molecule has 0 bridgehead atoms. The van der Waals surface area contributed by atoms with E-state index in [9.17, 15) is 4.39 Å². The molecule has 0 aliphatic carbocycles. The molecule has 0 atom stereocenters. The maximum atomic E-state index is 13.4. The van der Waals surface area contributed by atoms with Crippen molar-refractivity contribution in [2.75, 3.05) is 0 Å². The molecule has 1 aromatic heterocycles. The van der Waals surface area contributed by atoms with Crippen molar-refractivity contribution in [2.24, 2.45) is 0 Å². The summed E-state index contributed by atoms with van der Waals surface area (Å²) in [6.07, 6.45) is 1.66. The van der Waals surface area contributed by atoms with Crippen molar-refractivity contribution < 1.29 is 4.39 Å². The summed E-state index contributed by atoms with van der Waals surface area (Å²) in [6, 6.07) is 7.05. The van der Waals surface area contributed by atoms with Gasteiger partial charge in [0.25, 0.3) is 0 Å². The zero-order chi connectivity index (χ0) is 10.6. The van der Waals surface area contributed by atoms with E-state index in [0.29, 0.717) is 16.5 Å². The Hall–Kier alpha value is -1.44. The third kappa shape index (κ3) is 1.90. The van der Waals surface area contributed by atoms with Crippen LogP contribution in [0.3, 0.4) is 0 Å². The van der Waals surface area contributed by atoms with Gasteiger partial charge in [0.1, 0.15) is 5.82 Å². The predicted octanol–water partition coefficient (Wildman–Crippen LogP) is 3.71. The summed E-state index contributed by atoms with van der Waals surface area (Å²) in [5.74, 6) is -0.166. The third-order valence-electron chi connectivity index (χ3n) is 1.91. The highest BCUT2D eigenvalue weighted by Crippen LogP contribution is 2.17. The molecule has 2 rings (SSSR count). The summed E-state index contributed by atoms with van der Waals surface area (Å²) < 4.78 is 13.4. The highest BCUT2D eigenvalue weighted by atomic mass is 19.1. The summed E-state index contributed by atoms with van der Waals surface area (Å²) in [6.45, 7) is 5.75. The number of hydrogen-bond donors (Lipinski definition) is 0. The van der Waals surface area contributed by atoms with Gasteiger partial charge in [-0.25, -0.2) is 4.39 Å². The van der Waals surface area contributed by atoms with Crippen LogP contribution in [0.4, 0.5) is 4.39 Å². The molecule has 0 fully saturated rings. The number of hydrogen-bond acceptors (Lipinski definition) is 1. The zero-order valence-electron chi connectivity index (χ0n) is 8.71. The van der Waals surface area contributed by atoms with Crippen LogP contribution in [0.15, 0.2) is 30.5 Å². The van der Waals surface area contributed by atoms with E-state index in [1.54, 1.807) is 31.3 Å². The Morgan fingerprint density at radius 3 is 2.57 bits per heavy atom. The van der Waals surface area contributed by atoms with Crippen molar-refractivity contribution in [3.63, 3.8) is 0 Å². The minimum Gasteiger partial charge on any atom is -0.256 e. The smallest absolute Gasteiger partial charge is 0.135 e. The average molecular weight is 191 g/mol. The minimum absolute atomic E-state index is 0.166. The summed E-state index contributed by atoms with van der Waals surface area (Å²) in [5.41, 5.74) is 1.37. The summed E-state index contributed by atoms with van der Waals surface area (Å²) in [5, 5.41) is 0.595. The van der Waals surface area contributed by atoms with E-state index in [1.165, 1.54) is 0 Å². The van der Waals surface area contributed by atoms with Gasteiger partial charge in [0.05, 0.1) is 5.52 Å². The maximum absolute atomic E-state index is 13.4. The summed E-state index contributed by atoms with van der Waals surface area (Å²) in [4.78, 5) is 4.04. The fourth-order valence-electron chi connectivity index (χ4n) is 1.23. The Labute approximate surface area is 83.6 Å². The number of fused-ring (bicyclic) bond motifs is 1. The zero-order valence-corrected chi connectivity index (χ0v) is 8.71. The Kier molecular flexibility index (Phi) is 3.57. The fraction of sp³-hybridized carbons (Fsp3) is 0.250. The fourth-order valence-corrected chi connectivity index (χ4v) is 1.23. The molecule has 0 unspecified atom stereocenters. The molecule has 0 N–H and O–H groups in total. The van der Waals surface area contributed by atoms with E-state index in [4.69, 9.17) is 0 Å². The molecule has 1 nitrogen and oxygen atoms in total. The van der Waals surface area contributed by atoms with E-state index < -0.39 is 0 Å². The van der Waals surface area contributed by atoms with Gasteiger partial charge < -0.3 is 0 Å². The molecule has 1 heterocycles. The molecule has 0 amide bonds. The third-order valence-corrected chi connectivity index (χ3v) is 1.91. The first-order chi connectivity index (χ1) is 6.79. The van der Waals surface area contributed by atoms with Gasteiger partial charge in [0.2, 0.25) is 0 Å². The van der Waals surface area contributed by atoms with Crippen LogP contribution in [0.2, 0.25) is 0 Å². The number of nitrogens with zero attached hydrogens (tertiary/aromatic N) is 1. The lowest BCUT2D eigenvalue weighted by molar-refractivity contribution is 0.630. The molecule has 14 heavy (non-hydrogen) atoms. The van der Waals surface area contributed by atoms with Crippen LogP contribution in [0, 0.1) is 12.7 Å². The molecule has 0 aliphatic rings. The number of rotatable bonds is 0. The molecule has 0 saturated heterocycles. The van der Waals surface area contributed by atoms with Crippen LogP contribution in [0.1, 0.15) is 19.4 Å². The quantitative estimate of drug-likeness (QED) is 0.618. The number of halogens is 1. The Morgan fingerprint density at radius 1 is 1.14 bits per heavy atom. The molecule has 0 radical (unpaired) electrons. The van der Waals surface area contributed by atoms with Crippen molar-refractivity contribution >= 4 is 10.9 Å². The lowest BCUT2D eigenvalue weighted by Gasteiger charge is -1.99. The first-order valence-electron chi connectivity index (χ1n) is 4.79. The lowest BCUT2D eigenvalue weighted by atomic mass is 10.1. The van der Waals surface area contributed by atoms with Gasteiger partial charge in [-0.15, -0.1) is 0 Å². The van der Waals surface area contributed by atoms with Gasteiger partial charge in [-0.05, 0) is 30.7 Å². The van der Waals surface area contributed by atoms with Crippen molar-refractivity contribution in [3.8, 4) is 0 Å². The molecule has 0 saturated carbocycles. The van der Waals surface area contributed by atoms with Crippen LogP contribution in [0.5, 0.6) is 0 Å². The van der Waals surface area contributed by atoms with Crippen LogP contribution in [0.25, 0.3) is 10.9 Å². The van der Waals surface area contributed by atoms with Gasteiger partial charge in [-0.2, -0.15) is 0 Å². The van der Waals surface area contributed by atoms with Gasteiger partial charge in [0, 0.05) is 11.6 Å². The molecule has 0 spiro atoms. The van der Waals surface area contributed by atoms with Crippen LogP contribution in [-0.4, -0.2) is 4.98 Å². The van der Waals surface area contributed by atoms with Crippen molar-refractivity contribution in [2.45, 2.75) is 20.8 Å². The first kappa shape index (κ1) is 10.6. The first-order valence-corrected chi connectivity index (χ1v) is 4.79. The van der Waals surface area contributed by atoms with Crippen molar-refractivity contribution in [3.05, 3.63) is 41.8 Å². The highest BCUT2D eigenvalue weighted by Gasteiger charge is 2.02. The maximum Gasteiger partial charge on any atom is 0.135 e. The largest absolute Gasteiger partial charge is 0.256 e. The minimum atomic E-state index is -0.166. The van der Waals surface area contributed by atoms with E-state index in [0.717, 1.165) is 0 Å². The second kappa shape index (κ2) is 4.70. The van der Waals surface area contributed by atoms with Crippen LogP contribution in [-0.2, 0) is 0 Å². The molecule has 2 aromatic rings. The van der Waals surface area contributed by atoms with E-state index in [-0.39, 0.29) is 5.82 Å². The van der Waals surface area contributed by atoms with Crippen molar-refractivity contribution in [1.82, 2.24) is 4.98 Å². The standard InChI is InChI=1S/C10H8FN.C2H6/c1-7-4-5-9-8(10(7)11)3-2-6-12-9;1-2/h2-6H,1H3;1-2H3. The van der Waals surface area contributed by atoms with E-state index in [1.807, 2.05) is 19.9 Å². The summed E-state index contributed by atoms with van der Waals surface area (Å²) >= 11 is 0. The molecule has 1 aromatic carbocycles. The Morgan fingerprint density at radius 2 is 1.86 bits per heavy atom. The molecular weight excluding hydrogens is 177 g/mol. The normalized spacial score (nSPS) is 9.43. The Balaban J connectivity index is 0.000000461. The SMILES string of the molecule is CC.Cc1ccc2ncccc2c1F. The number of benzene rings is 1. The molecule has 0 aliphatic heterocycles. The van der Waals surface area contributed by atoms with E-state index >= 15 is 0 Å². The number of aryl methyl sites for hydroxylation is 1. The van der Waals surface area contributed by atoms with Gasteiger partial charge in [0.15, 0.2) is 0 Å². The molecule has 2 heteroatoms. The van der Waals surface area contributed by atoms with Gasteiger partial charge >= 0.3 is 0 Å².